The normalized spacial score (nSPS) is 22.8. The molecule has 6 atom stereocenters. The second-order valence-electron chi connectivity index (χ2n) is 9.25. The summed E-state index contributed by atoms with van der Waals surface area (Å²) in [5.41, 5.74) is -1.00. The first-order valence-electron chi connectivity index (χ1n) is 12.6. The summed E-state index contributed by atoms with van der Waals surface area (Å²) in [6.07, 6.45) is -1.15. The van der Waals surface area contributed by atoms with Crippen molar-refractivity contribution in [1.82, 2.24) is 24.8 Å². The number of nitrogens with one attached hydrogen (secondary N) is 3. The SMILES string of the molecule is CO[C@H]1C(OC(C)=O)[C@@H](COP(=O)(O)OP(=O)(O)OP(=O)(O)O)O[C@H]1n1cc(CCCNC(=O)Cc2cnc[nH]2)c(=O)[nH]c1=O. The number of aryl methyl sites for hydroxylation is 1. The van der Waals surface area contributed by atoms with Crippen LogP contribution in [0.2, 0.25) is 0 Å². The lowest BCUT2D eigenvalue weighted by Gasteiger charge is -2.23. The zero-order valence-electron chi connectivity index (χ0n) is 23.4. The Morgan fingerprint density at radius 3 is 2.42 bits per heavy atom. The van der Waals surface area contributed by atoms with Crippen molar-refractivity contribution < 1.29 is 70.2 Å². The molecule has 0 aromatic carbocycles. The van der Waals surface area contributed by atoms with Crippen LogP contribution in [0.25, 0.3) is 0 Å². The third-order valence-electron chi connectivity index (χ3n) is 5.84. The number of methoxy groups -OCH3 is 1. The molecule has 1 saturated heterocycles. The number of esters is 1. The van der Waals surface area contributed by atoms with Crippen LogP contribution in [0.1, 0.15) is 30.8 Å². The molecular weight excluding hydrogens is 675 g/mol. The zero-order chi connectivity index (χ0) is 33.6. The van der Waals surface area contributed by atoms with E-state index >= 15 is 0 Å². The predicted molar refractivity (Wildman–Crippen MR) is 145 cm³/mol. The number of aromatic amines is 2. The van der Waals surface area contributed by atoms with Crippen LogP contribution in [-0.2, 0) is 63.5 Å². The molecule has 3 unspecified atom stereocenters. The quantitative estimate of drug-likeness (QED) is 0.0608. The van der Waals surface area contributed by atoms with Gasteiger partial charge in [0.15, 0.2) is 12.3 Å². The third-order valence-corrected chi connectivity index (χ3v) is 9.65. The van der Waals surface area contributed by atoms with Gasteiger partial charge >= 0.3 is 35.1 Å². The van der Waals surface area contributed by atoms with Gasteiger partial charge in [0.25, 0.3) is 5.56 Å². The third kappa shape index (κ3) is 11.2. The summed E-state index contributed by atoms with van der Waals surface area (Å²) in [4.78, 5) is 94.3. The van der Waals surface area contributed by atoms with Crippen LogP contribution in [0.4, 0.5) is 0 Å². The van der Waals surface area contributed by atoms with Crippen molar-refractivity contribution in [3.05, 3.63) is 50.8 Å². The van der Waals surface area contributed by atoms with Gasteiger partial charge in [0, 0.05) is 44.2 Å². The highest BCUT2D eigenvalue weighted by atomic mass is 31.3. The number of phosphoric acid groups is 3. The predicted octanol–water partition coefficient (Wildman–Crippen LogP) is -1.26. The Bertz CT molecular complexity index is 1600. The summed E-state index contributed by atoms with van der Waals surface area (Å²) in [5, 5.41) is 2.68. The van der Waals surface area contributed by atoms with Crippen molar-refractivity contribution in [1.29, 1.82) is 0 Å². The van der Waals surface area contributed by atoms with E-state index in [0.29, 0.717) is 5.69 Å². The highest BCUT2D eigenvalue weighted by Gasteiger charge is 2.50. The number of ether oxygens (including phenoxy) is 3. The number of aromatic nitrogens is 4. The summed E-state index contributed by atoms with van der Waals surface area (Å²) in [5.74, 6) is -1.17. The fourth-order valence-corrected chi connectivity index (χ4v) is 7.17. The molecule has 45 heavy (non-hydrogen) atoms. The summed E-state index contributed by atoms with van der Waals surface area (Å²) in [7, 11) is -15.9. The first-order valence-corrected chi connectivity index (χ1v) is 17.1. The van der Waals surface area contributed by atoms with Crippen LogP contribution in [0.15, 0.2) is 28.3 Å². The minimum Gasteiger partial charge on any atom is -0.457 e. The molecule has 0 aliphatic carbocycles. The molecule has 1 aliphatic rings. The van der Waals surface area contributed by atoms with Crippen molar-refractivity contribution in [3.8, 4) is 0 Å². The van der Waals surface area contributed by atoms with Crippen molar-refractivity contribution in [3.63, 3.8) is 0 Å². The van der Waals surface area contributed by atoms with Crippen LogP contribution < -0.4 is 16.6 Å². The first kappa shape index (κ1) is 36.6. The van der Waals surface area contributed by atoms with E-state index in [2.05, 4.69) is 33.4 Å². The molecule has 25 heteroatoms. The van der Waals surface area contributed by atoms with Gasteiger partial charge < -0.3 is 44.1 Å². The standard InChI is InChI=1S/C20H30N5O17P3/c1-11(26)39-16-14(9-38-44(33,34)42-45(35,36)41-43(30,31)32)40-19(17(16)37-2)25-8-12(18(28)24-20(25)29)4-3-5-22-15(27)6-13-7-21-10-23-13/h7-8,10,14,16-17,19H,3-6,9H2,1-2H3,(H,21,23)(H,22,27)(H,33,34)(H,35,36)(H,24,28,29)(H2,30,31,32)/t14-,16?,17+,19-/m1/s1. The molecule has 2 aromatic heterocycles. The number of H-pyrrole nitrogens is 2. The fraction of sp³-hybridized carbons (Fsp3) is 0.550. The summed E-state index contributed by atoms with van der Waals surface area (Å²) < 4.78 is 63.8. The van der Waals surface area contributed by atoms with E-state index in [1.54, 1.807) is 0 Å². The Hall–Kier alpha value is -2.84. The van der Waals surface area contributed by atoms with Gasteiger partial charge in [-0.1, -0.05) is 0 Å². The molecule has 1 fully saturated rings. The number of carbonyl (C=O) groups is 2. The molecule has 2 aromatic rings. The minimum atomic E-state index is -5.82. The maximum absolute atomic E-state index is 12.8. The molecule has 22 nitrogen and oxygen atoms in total. The van der Waals surface area contributed by atoms with Gasteiger partial charge in [-0.15, -0.1) is 0 Å². The topological polar surface area (TPSA) is 317 Å². The van der Waals surface area contributed by atoms with E-state index in [-0.39, 0.29) is 37.3 Å². The highest BCUT2D eigenvalue weighted by molar-refractivity contribution is 7.66. The van der Waals surface area contributed by atoms with Gasteiger partial charge in [-0.25, -0.2) is 23.5 Å². The summed E-state index contributed by atoms with van der Waals surface area (Å²) >= 11 is 0. The molecule has 0 spiro atoms. The molecule has 252 valence electrons. The second-order valence-corrected chi connectivity index (χ2v) is 13.7. The van der Waals surface area contributed by atoms with E-state index in [4.69, 9.17) is 24.0 Å². The van der Waals surface area contributed by atoms with E-state index in [1.807, 2.05) is 0 Å². The maximum atomic E-state index is 12.8. The molecule has 3 rings (SSSR count). The van der Waals surface area contributed by atoms with Crippen LogP contribution in [0, 0.1) is 0 Å². The molecule has 0 radical (unpaired) electrons. The van der Waals surface area contributed by atoms with Crippen LogP contribution in [0.5, 0.6) is 0 Å². The number of rotatable bonds is 16. The van der Waals surface area contributed by atoms with Gasteiger partial charge in [0.05, 0.1) is 19.4 Å². The van der Waals surface area contributed by atoms with Crippen molar-refractivity contribution in [2.75, 3.05) is 20.3 Å². The fourth-order valence-electron chi connectivity index (χ4n) is 4.14. The van der Waals surface area contributed by atoms with E-state index in [1.165, 1.54) is 12.5 Å². The number of amides is 1. The summed E-state index contributed by atoms with van der Waals surface area (Å²) in [6.45, 7) is 0.169. The Labute approximate surface area is 252 Å². The molecule has 0 saturated carbocycles. The lowest BCUT2D eigenvalue weighted by molar-refractivity contribution is -0.154. The molecule has 7 N–H and O–H groups in total. The minimum absolute atomic E-state index is 0.0651. The van der Waals surface area contributed by atoms with Crippen LogP contribution >= 0.6 is 23.5 Å². The van der Waals surface area contributed by atoms with Crippen molar-refractivity contribution >= 4 is 35.3 Å². The lowest BCUT2D eigenvalue weighted by atomic mass is 10.1. The van der Waals surface area contributed by atoms with Gasteiger partial charge in [-0.05, 0) is 12.8 Å². The number of carbonyl (C=O) groups excluding carboxylic acids is 2. The summed E-state index contributed by atoms with van der Waals surface area (Å²) in [6, 6.07) is 0. The smallest absolute Gasteiger partial charge is 0.457 e. The number of imidazole rings is 1. The molecule has 0 bridgehead atoms. The van der Waals surface area contributed by atoms with Gasteiger partial charge in [-0.3, -0.25) is 28.5 Å². The van der Waals surface area contributed by atoms with Gasteiger partial charge in [0.2, 0.25) is 5.91 Å². The van der Waals surface area contributed by atoms with Crippen LogP contribution in [-0.4, -0.2) is 89.5 Å². The number of hydrogen-bond donors (Lipinski definition) is 7. The number of phosphoric ester groups is 1. The average Bonchev–Trinajstić information content (AvgIpc) is 3.51. The largest absolute Gasteiger partial charge is 0.490 e. The number of nitrogens with zero attached hydrogens (tertiary/aromatic N) is 2. The molecule has 3 heterocycles. The molecular formula is C20H30N5O17P3. The number of hydrogen-bond acceptors (Lipinski definition) is 14. The van der Waals surface area contributed by atoms with Gasteiger partial charge in [0.1, 0.15) is 12.2 Å². The Kier molecular flexibility index (Phi) is 12.3. The van der Waals surface area contributed by atoms with Crippen molar-refractivity contribution in [2.45, 2.75) is 50.7 Å². The average molecular weight is 705 g/mol. The van der Waals surface area contributed by atoms with Crippen LogP contribution in [0.3, 0.4) is 0 Å². The Balaban J connectivity index is 1.74. The monoisotopic (exact) mass is 705 g/mol. The molecule has 1 aliphatic heterocycles. The first-order chi connectivity index (χ1) is 20.9. The van der Waals surface area contributed by atoms with E-state index < -0.39 is 71.8 Å². The van der Waals surface area contributed by atoms with E-state index in [0.717, 1.165) is 24.8 Å². The molecule has 1 amide bonds. The Morgan fingerprint density at radius 1 is 1.11 bits per heavy atom. The van der Waals surface area contributed by atoms with Crippen molar-refractivity contribution in [2.24, 2.45) is 0 Å². The Morgan fingerprint density at radius 2 is 1.82 bits per heavy atom. The second kappa shape index (κ2) is 15.2. The lowest BCUT2D eigenvalue weighted by Crippen LogP contribution is -2.41. The zero-order valence-corrected chi connectivity index (χ0v) is 26.1. The van der Waals surface area contributed by atoms with Gasteiger partial charge in [-0.2, -0.15) is 8.62 Å². The highest BCUT2D eigenvalue weighted by Crippen LogP contribution is 2.66. The maximum Gasteiger partial charge on any atom is 0.490 e. The van der Waals surface area contributed by atoms with E-state index in [9.17, 15) is 42.7 Å².